The highest BCUT2D eigenvalue weighted by molar-refractivity contribution is 5.89. The molecule has 0 atom stereocenters. The van der Waals surface area contributed by atoms with Crippen molar-refractivity contribution in [3.63, 3.8) is 0 Å². The first-order valence-corrected chi connectivity index (χ1v) is 6.60. The van der Waals surface area contributed by atoms with Crippen LogP contribution in [0.25, 0.3) is 5.69 Å². The summed E-state index contributed by atoms with van der Waals surface area (Å²) in [5, 5.41) is 7.77. The Morgan fingerprint density at radius 1 is 1.45 bits per heavy atom. The fraction of sp³-hybridized carbons (Fsp3) is 0.333. The van der Waals surface area contributed by atoms with Gasteiger partial charge < -0.3 is 10.1 Å². The van der Waals surface area contributed by atoms with E-state index in [-0.39, 0.29) is 5.97 Å². The number of aryl methyl sites for hydroxylation is 1. The van der Waals surface area contributed by atoms with Gasteiger partial charge in [0.15, 0.2) is 0 Å². The topological polar surface area (TPSA) is 56.2 Å². The van der Waals surface area contributed by atoms with Crippen LogP contribution in [-0.2, 0) is 11.3 Å². The van der Waals surface area contributed by atoms with Crippen LogP contribution in [0.1, 0.15) is 28.5 Å². The van der Waals surface area contributed by atoms with Gasteiger partial charge in [0.25, 0.3) is 0 Å². The number of ether oxygens (including phenoxy) is 1. The van der Waals surface area contributed by atoms with Crippen LogP contribution < -0.4 is 5.32 Å². The lowest BCUT2D eigenvalue weighted by atomic mass is 10.2. The van der Waals surface area contributed by atoms with Crippen LogP contribution in [0.5, 0.6) is 0 Å². The van der Waals surface area contributed by atoms with E-state index in [4.69, 9.17) is 4.74 Å². The maximum Gasteiger partial charge on any atom is 0.337 e. The van der Waals surface area contributed by atoms with Gasteiger partial charge in [-0.3, -0.25) is 0 Å². The zero-order valence-electron chi connectivity index (χ0n) is 12.0. The van der Waals surface area contributed by atoms with Gasteiger partial charge in [0.2, 0.25) is 0 Å². The Balaban J connectivity index is 2.29. The van der Waals surface area contributed by atoms with E-state index < -0.39 is 0 Å². The number of benzene rings is 1. The molecule has 0 unspecified atom stereocenters. The van der Waals surface area contributed by atoms with Gasteiger partial charge in [0.05, 0.1) is 24.1 Å². The van der Waals surface area contributed by atoms with Crippen LogP contribution in [0.2, 0.25) is 0 Å². The first-order chi connectivity index (χ1) is 9.65. The molecule has 0 aliphatic heterocycles. The SMILES string of the molecule is CCNCc1cn(-c2cccc(C(=O)OC)c2)nc1C. The average molecular weight is 273 g/mol. The van der Waals surface area contributed by atoms with E-state index in [1.165, 1.54) is 7.11 Å². The lowest BCUT2D eigenvalue weighted by molar-refractivity contribution is 0.0600. The van der Waals surface area contributed by atoms with Gasteiger partial charge >= 0.3 is 5.97 Å². The maximum absolute atomic E-state index is 11.5. The third-order valence-corrected chi connectivity index (χ3v) is 3.10. The summed E-state index contributed by atoms with van der Waals surface area (Å²) in [4.78, 5) is 11.5. The molecular weight excluding hydrogens is 254 g/mol. The molecule has 1 N–H and O–H groups in total. The van der Waals surface area contributed by atoms with Gasteiger partial charge in [-0.05, 0) is 31.7 Å². The number of rotatable bonds is 5. The maximum atomic E-state index is 11.5. The highest BCUT2D eigenvalue weighted by atomic mass is 16.5. The van der Waals surface area contributed by atoms with Crippen molar-refractivity contribution in [3.8, 4) is 5.69 Å². The molecule has 0 radical (unpaired) electrons. The second kappa shape index (κ2) is 6.34. The highest BCUT2D eigenvalue weighted by Gasteiger charge is 2.09. The molecule has 1 aromatic carbocycles. The number of hydrogen-bond acceptors (Lipinski definition) is 4. The molecule has 0 aliphatic rings. The van der Waals surface area contributed by atoms with Crippen LogP contribution >= 0.6 is 0 Å². The molecule has 0 fully saturated rings. The van der Waals surface area contributed by atoms with Crippen molar-refractivity contribution in [1.82, 2.24) is 15.1 Å². The van der Waals surface area contributed by atoms with Gasteiger partial charge in [-0.1, -0.05) is 13.0 Å². The van der Waals surface area contributed by atoms with Crippen LogP contribution in [0.3, 0.4) is 0 Å². The Bertz CT molecular complexity index is 605. The molecular formula is C15H19N3O2. The summed E-state index contributed by atoms with van der Waals surface area (Å²) in [7, 11) is 1.38. The van der Waals surface area contributed by atoms with Crippen molar-refractivity contribution in [1.29, 1.82) is 0 Å². The van der Waals surface area contributed by atoms with Crippen molar-refractivity contribution in [3.05, 3.63) is 47.3 Å². The van der Waals surface area contributed by atoms with E-state index in [0.29, 0.717) is 5.56 Å². The van der Waals surface area contributed by atoms with Crippen molar-refractivity contribution in [2.24, 2.45) is 0 Å². The molecule has 20 heavy (non-hydrogen) atoms. The Morgan fingerprint density at radius 2 is 2.25 bits per heavy atom. The van der Waals surface area contributed by atoms with Gasteiger partial charge in [0, 0.05) is 18.3 Å². The monoisotopic (exact) mass is 273 g/mol. The fourth-order valence-corrected chi connectivity index (χ4v) is 1.95. The summed E-state index contributed by atoms with van der Waals surface area (Å²) in [6.07, 6.45) is 1.98. The molecule has 0 saturated heterocycles. The molecule has 0 amide bonds. The predicted molar refractivity (Wildman–Crippen MR) is 77.0 cm³/mol. The van der Waals surface area contributed by atoms with E-state index in [0.717, 1.165) is 30.0 Å². The summed E-state index contributed by atoms with van der Waals surface area (Å²) >= 11 is 0. The summed E-state index contributed by atoms with van der Waals surface area (Å²) in [6, 6.07) is 7.24. The molecule has 1 aromatic heterocycles. The van der Waals surface area contributed by atoms with Crippen LogP contribution in [0.15, 0.2) is 30.5 Å². The van der Waals surface area contributed by atoms with Crippen LogP contribution in [-0.4, -0.2) is 29.4 Å². The highest BCUT2D eigenvalue weighted by Crippen LogP contribution is 2.14. The third kappa shape index (κ3) is 3.05. The van der Waals surface area contributed by atoms with Crippen LogP contribution in [0, 0.1) is 6.92 Å². The normalized spacial score (nSPS) is 10.6. The number of carbonyl (C=O) groups is 1. The Kier molecular flexibility index (Phi) is 4.53. The number of esters is 1. The first kappa shape index (κ1) is 14.3. The van der Waals surface area contributed by atoms with Gasteiger partial charge in [-0.2, -0.15) is 5.10 Å². The molecule has 0 bridgehead atoms. The zero-order chi connectivity index (χ0) is 14.5. The lowest BCUT2D eigenvalue weighted by Gasteiger charge is -2.04. The zero-order valence-corrected chi connectivity index (χ0v) is 12.0. The molecule has 2 aromatic rings. The minimum atomic E-state index is -0.344. The standard InChI is InChI=1S/C15H19N3O2/c1-4-16-9-13-10-18(17-11(13)2)14-7-5-6-12(8-14)15(19)20-3/h5-8,10,16H,4,9H2,1-3H3. The first-order valence-electron chi connectivity index (χ1n) is 6.60. The quantitative estimate of drug-likeness (QED) is 0.847. The number of methoxy groups -OCH3 is 1. The van der Waals surface area contributed by atoms with Crippen molar-refractivity contribution in [2.45, 2.75) is 20.4 Å². The van der Waals surface area contributed by atoms with E-state index >= 15 is 0 Å². The van der Waals surface area contributed by atoms with Gasteiger partial charge in [-0.25, -0.2) is 9.48 Å². The summed E-state index contributed by atoms with van der Waals surface area (Å²) in [5.41, 5.74) is 3.50. The second-order valence-electron chi connectivity index (χ2n) is 4.51. The number of carbonyl (C=O) groups excluding carboxylic acids is 1. The fourth-order valence-electron chi connectivity index (χ4n) is 1.95. The summed E-state index contributed by atoms with van der Waals surface area (Å²) in [6.45, 7) is 5.76. The molecule has 1 heterocycles. The Labute approximate surface area is 118 Å². The minimum absolute atomic E-state index is 0.344. The van der Waals surface area contributed by atoms with Gasteiger partial charge in [0.1, 0.15) is 0 Å². The molecule has 0 saturated carbocycles. The third-order valence-electron chi connectivity index (χ3n) is 3.10. The van der Waals surface area contributed by atoms with Crippen molar-refractivity contribution in [2.75, 3.05) is 13.7 Å². The molecule has 0 spiro atoms. The number of nitrogens with one attached hydrogen (secondary N) is 1. The minimum Gasteiger partial charge on any atom is -0.465 e. The molecule has 5 nitrogen and oxygen atoms in total. The van der Waals surface area contributed by atoms with Crippen molar-refractivity contribution < 1.29 is 9.53 Å². The number of nitrogens with zero attached hydrogens (tertiary/aromatic N) is 2. The van der Waals surface area contributed by atoms with E-state index in [2.05, 4.69) is 17.3 Å². The number of hydrogen-bond donors (Lipinski definition) is 1. The molecule has 2 rings (SSSR count). The predicted octanol–water partition coefficient (Wildman–Crippen LogP) is 2.08. The smallest absolute Gasteiger partial charge is 0.337 e. The summed E-state index contributed by atoms with van der Waals surface area (Å²) in [5.74, 6) is -0.344. The lowest BCUT2D eigenvalue weighted by Crippen LogP contribution is -2.11. The largest absolute Gasteiger partial charge is 0.465 e. The molecule has 5 heteroatoms. The van der Waals surface area contributed by atoms with Crippen LogP contribution in [0.4, 0.5) is 0 Å². The van der Waals surface area contributed by atoms with Crippen molar-refractivity contribution >= 4 is 5.97 Å². The van der Waals surface area contributed by atoms with Gasteiger partial charge in [-0.15, -0.1) is 0 Å². The molecule has 0 aliphatic carbocycles. The Morgan fingerprint density at radius 3 is 2.95 bits per heavy atom. The van der Waals surface area contributed by atoms with E-state index in [1.54, 1.807) is 16.8 Å². The Hall–Kier alpha value is -2.14. The number of aromatic nitrogens is 2. The van der Waals surface area contributed by atoms with E-state index in [1.807, 2.05) is 25.3 Å². The van der Waals surface area contributed by atoms with E-state index in [9.17, 15) is 4.79 Å². The second-order valence-corrected chi connectivity index (χ2v) is 4.51. The summed E-state index contributed by atoms with van der Waals surface area (Å²) < 4.78 is 6.52. The molecule has 106 valence electrons. The average Bonchev–Trinajstić information content (AvgIpc) is 2.85.